The molecule has 3 aromatic rings. The van der Waals surface area contributed by atoms with E-state index in [2.05, 4.69) is 29.5 Å². The predicted octanol–water partition coefficient (Wildman–Crippen LogP) is 3.94. The van der Waals surface area contributed by atoms with Crippen LogP contribution in [0.5, 0.6) is 0 Å². The normalized spacial score (nSPS) is 13.8. The highest BCUT2D eigenvalue weighted by molar-refractivity contribution is 6.02. The number of aliphatic hydroxyl groups is 1. The second-order valence-corrected chi connectivity index (χ2v) is 7.15. The zero-order valence-corrected chi connectivity index (χ0v) is 14.4. The van der Waals surface area contributed by atoms with E-state index in [9.17, 15) is 5.11 Å². The fraction of sp³-hybridized carbons (Fsp3) is 0.474. The highest BCUT2D eigenvalue weighted by atomic mass is 16.3. The van der Waals surface area contributed by atoms with Crippen molar-refractivity contribution >= 4 is 21.9 Å². The highest BCUT2D eigenvalue weighted by Crippen LogP contribution is 2.27. The minimum absolute atomic E-state index is 0.531. The molecule has 1 atom stereocenters. The molecule has 0 aliphatic carbocycles. The lowest BCUT2D eigenvalue weighted by molar-refractivity contribution is 0.0617. The first-order valence-corrected chi connectivity index (χ1v) is 8.34. The number of rotatable bonds is 5. The first-order valence-electron chi connectivity index (χ1n) is 8.34. The van der Waals surface area contributed by atoms with Crippen LogP contribution in [0.15, 0.2) is 30.5 Å². The Kier molecular flexibility index (Phi) is 4.11. The third-order valence-corrected chi connectivity index (χ3v) is 4.33. The third-order valence-electron chi connectivity index (χ3n) is 4.33. The Morgan fingerprint density at radius 2 is 1.96 bits per heavy atom. The van der Waals surface area contributed by atoms with E-state index in [4.69, 9.17) is 4.98 Å². The summed E-state index contributed by atoms with van der Waals surface area (Å²) in [5.74, 6) is 1.60. The van der Waals surface area contributed by atoms with Crippen molar-refractivity contribution in [2.75, 3.05) is 0 Å². The molecular weight excluding hydrogens is 286 g/mol. The van der Waals surface area contributed by atoms with Crippen LogP contribution in [-0.4, -0.2) is 25.2 Å². The highest BCUT2D eigenvalue weighted by Gasteiger charge is 2.21. The van der Waals surface area contributed by atoms with Gasteiger partial charge in [-0.1, -0.05) is 38.5 Å². The van der Waals surface area contributed by atoms with Crippen LogP contribution in [-0.2, 0) is 13.0 Å². The number of hydrogen-bond donors (Lipinski definition) is 1. The molecule has 3 rings (SSSR count). The van der Waals surface area contributed by atoms with Gasteiger partial charge in [0, 0.05) is 11.8 Å². The molecule has 0 amide bonds. The van der Waals surface area contributed by atoms with Gasteiger partial charge in [0.15, 0.2) is 0 Å². The molecule has 122 valence electrons. The fourth-order valence-electron chi connectivity index (χ4n) is 2.98. The van der Waals surface area contributed by atoms with E-state index in [1.54, 1.807) is 0 Å². The van der Waals surface area contributed by atoms with E-state index >= 15 is 0 Å². The lowest BCUT2D eigenvalue weighted by atomic mass is 10.0. The Labute approximate surface area is 137 Å². The Bertz CT molecular complexity index is 830. The van der Waals surface area contributed by atoms with Crippen LogP contribution in [0, 0.1) is 5.92 Å². The first kappa shape index (κ1) is 15.9. The van der Waals surface area contributed by atoms with Crippen LogP contribution >= 0.6 is 0 Å². The minimum atomic E-state index is -0.789. The summed E-state index contributed by atoms with van der Waals surface area (Å²) in [5, 5.41) is 11.5. The number of benzene rings is 1. The van der Waals surface area contributed by atoms with Gasteiger partial charge >= 0.3 is 0 Å². The van der Waals surface area contributed by atoms with Crippen molar-refractivity contribution in [1.82, 2.24) is 14.5 Å². The number of nitrogens with zero attached hydrogens (tertiary/aromatic N) is 3. The van der Waals surface area contributed by atoms with Crippen molar-refractivity contribution in [3.05, 3.63) is 36.3 Å². The van der Waals surface area contributed by atoms with Gasteiger partial charge in [0.2, 0.25) is 0 Å². The maximum absolute atomic E-state index is 10.4. The summed E-state index contributed by atoms with van der Waals surface area (Å²) in [6.45, 7) is 8.66. The minimum Gasteiger partial charge on any atom is -0.389 e. The van der Waals surface area contributed by atoms with E-state index in [0.29, 0.717) is 12.5 Å². The van der Waals surface area contributed by atoms with E-state index in [1.165, 1.54) is 0 Å². The fourth-order valence-corrected chi connectivity index (χ4v) is 2.98. The van der Waals surface area contributed by atoms with E-state index in [1.807, 2.05) is 38.2 Å². The molecule has 0 spiro atoms. The molecule has 23 heavy (non-hydrogen) atoms. The van der Waals surface area contributed by atoms with Gasteiger partial charge in [-0.3, -0.25) is 4.98 Å². The van der Waals surface area contributed by atoms with E-state index < -0.39 is 5.60 Å². The van der Waals surface area contributed by atoms with Crippen LogP contribution in [0.3, 0.4) is 0 Å². The van der Waals surface area contributed by atoms with Crippen molar-refractivity contribution in [2.45, 2.75) is 52.7 Å². The van der Waals surface area contributed by atoms with Gasteiger partial charge in [-0.25, -0.2) is 4.98 Å². The van der Waals surface area contributed by atoms with E-state index in [0.717, 1.165) is 40.6 Å². The van der Waals surface area contributed by atoms with Crippen molar-refractivity contribution < 1.29 is 5.11 Å². The molecule has 1 N–H and O–H groups in total. The molecule has 1 unspecified atom stereocenters. The van der Waals surface area contributed by atoms with Crippen molar-refractivity contribution in [3.8, 4) is 0 Å². The van der Waals surface area contributed by atoms with Gasteiger partial charge in [-0.2, -0.15) is 0 Å². The number of fused-ring (bicyclic) bond motifs is 3. The Balaban J connectivity index is 2.26. The monoisotopic (exact) mass is 311 g/mol. The van der Waals surface area contributed by atoms with E-state index in [-0.39, 0.29) is 0 Å². The van der Waals surface area contributed by atoms with Crippen molar-refractivity contribution in [2.24, 2.45) is 5.92 Å². The van der Waals surface area contributed by atoms with Gasteiger partial charge in [0.1, 0.15) is 11.3 Å². The zero-order chi connectivity index (χ0) is 16.6. The lowest BCUT2D eigenvalue weighted by Crippen LogP contribution is -2.27. The molecule has 0 radical (unpaired) electrons. The van der Waals surface area contributed by atoms with Gasteiger partial charge in [-0.15, -0.1) is 0 Å². The molecule has 2 heterocycles. The summed E-state index contributed by atoms with van der Waals surface area (Å²) in [7, 11) is 0. The van der Waals surface area contributed by atoms with Gasteiger partial charge in [0.25, 0.3) is 0 Å². The van der Waals surface area contributed by atoms with Crippen LogP contribution < -0.4 is 0 Å². The maximum Gasteiger partial charge on any atom is 0.110 e. The molecule has 1 aromatic carbocycles. The molecule has 0 saturated carbocycles. The number of hydrogen-bond acceptors (Lipinski definition) is 3. The van der Waals surface area contributed by atoms with Crippen LogP contribution in [0.25, 0.3) is 21.9 Å². The van der Waals surface area contributed by atoms with Crippen molar-refractivity contribution in [1.29, 1.82) is 0 Å². The Hall–Kier alpha value is -1.94. The second-order valence-electron chi connectivity index (χ2n) is 7.15. The SMILES string of the molecule is CCC(C)Cc1nc2cnc3ccccc3c2n1CC(C)(C)O. The number of aromatic nitrogens is 3. The lowest BCUT2D eigenvalue weighted by Gasteiger charge is -2.21. The number of pyridine rings is 1. The summed E-state index contributed by atoms with van der Waals surface area (Å²) in [5.41, 5.74) is 2.16. The smallest absolute Gasteiger partial charge is 0.110 e. The number of imidazole rings is 1. The largest absolute Gasteiger partial charge is 0.389 e. The average Bonchev–Trinajstić information content (AvgIpc) is 2.83. The molecule has 0 aliphatic heterocycles. The topological polar surface area (TPSA) is 50.9 Å². The molecule has 0 fully saturated rings. The van der Waals surface area contributed by atoms with Gasteiger partial charge in [0.05, 0.1) is 29.4 Å². The summed E-state index contributed by atoms with van der Waals surface area (Å²) in [6, 6.07) is 8.13. The molecule has 4 heteroatoms. The Morgan fingerprint density at radius 3 is 2.65 bits per heavy atom. The Morgan fingerprint density at radius 1 is 1.22 bits per heavy atom. The second kappa shape index (κ2) is 5.93. The molecule has 0 aliphatic rings. The predicted molar refractivity (Wildman–Crippen MR) is 94.5 cm³/mol. The summed E-state index contributed by atoms with van der Waals surface area (Å²) < 4.78 is 2.19. The zero-order valence-electron chi connectivity index (χ0n) is 14.4. The van der Waals surface area contributed by atoms with Crippen molar-refractivity contribution in [3.63, 3.8) is 0 Å². The molecule has 2 aromatic heterocycles. The molecule has 0 bridgehead atoms. The first-order chi connectivity index (χ1) is 10.9. The molecule has 0 saturated heterocycles. The van der Waals surface area contributed by atoms with Crippen LogP contribution in [0.1, 0.15) is 39.9 Å². The summed E-state index contributed by atoms with van der Waals surface area (Å²) in [6.07, 6.45) is 3.87. The van der Waals surface area contributed by atoms with Gasteiger partial charge in [-0.05, 0) is 25.8 Å². The van der Waals surface area contributed by atoms with Gasteiger partial charge < -0.3 is 9.67 Å². The molecular formula is C19H25N3O. The van der Waals surface area contributed by atoms with Crippen LogP contribution in [0.2, 0.25) is 0 Å². The molecule has 4 nitrogen and oxygen atoms in total. The third kappa shape index (κ3) is 3.22. The summed E-state index contributed by atoms with van der Waals surface area (Å²) in [4.78, 5) is 9.35. The van der Waals surface area contributed by atoms with Crippen LogP contribution in [0.4, 0.5) is 0 Å². The standard InChI is InChI=1S/C19H25N3O/c1-5-13(2)10-17-21-16-11-20-15-9-7-6-8-14(15)18(16)22(17)12-19(3,4)23/h6-9,11,13,23H,5,10,12H2,1-4H3. The summed E-state index contributed by atoms with van der Waals surface area (Å²) >= 11 is 0. The maximum atomic E-state index is 10.4. The average molecular weight is 311 g/mol. The quantitative estimate of drug-likeness (QED) is 0.776. The number of para-hydroxylation sites is 1.